The van der Waals surface area contributed by atoms with Crippen molar-refractivity contribution < 1.29 is 19.4 Å². The van der Waals surface area contributed by atoms with Crippen LogP contribution in [0.5, 0.6) is 5.75 Å². The summed E-state index contributed by atoms with van der Waals surface area (Å²) < 4.78 is 5.48. The zero-order chi connectivity index (χ0) is 18.1. The predicted octanol–water partition coefficient (Wildman–Crippen LogP) is 3.10. The van der Waals surface area contributed by atoms with E-state index in [0.717, 1.165) is 16.7 Å². The minimum absolute atomic E-state index is 0.0108. The van der Waals surface area contributed by atoms with Gasteiger partial charge in [-0.1, -0.05) is 36.4 Å². The van der Waals surface area contributed by atoms with E-state index in [0.29, 0.717) is 31.7 Å². The van der Waals surface area contributed by atoms with E-state index in [9.17, 15) is 9.59 Å². The number of aryl methyl sites for hydroxylation is 1. The lowest BCUT2D eigenvalue weighted by Gasteiger charge is -2.09. The molecule has 2 rings (SSSR count). The van der Waals surface area contributed by atoms with Crippen LogP contribution in [0.2, 0.25) is 0 Å². The van der Waals surface area contributed by atoms with Crippen LogP contribution in [-0.2, 0) is 22.6 Å². The van der Waals surface area contributed by atoms with E-state index in [1.165, 1.54) is 0 Å². The molecule has 132 valence electrons. The molecule has 25 heavy (non-hydrogen) atoms. The van der Waals surface area contributed by atoms with E-state index in [1.807, 2.05) is 55.5 Å². The monoisotopic (exact) mass is 341 g/mol. The largest absolute Gasteiger partial charge is 0.494 e. The molecule has 0 atom stereocenters. The first kappa shape index (κ1) is 18.5. The highest BCUT2D eigenvalue weighted by Gasteiger charge is 2.05. The summed E-state index contributed by atoms with van der Waals surface area (Å²) in [4.78, 5) is 22.5. The van der Waals surface area contributed by atoms with Crippen molar-refractivity contribution in [3.8, 4) is 5.75 Å². The summed E-state index contributed by atoms with van der Waals surface area (Å²) in [6, 6.07) is 15.3. The number of nitrogens with one attached hydrogen (secondary N) is 1. The number of carbonyl (C=O) groups excluding carboxylic acids is 1. The Balaban J connectivity index is 1.74. The predicted molar refractivity (Wildman–Crippen MR) is 95.5 cm³/mol. The van der Waals surface area contributed by atoms with Gasteiger partial charge in [-0.25, -0.2) is 0 Å². The van der Waals surface area contributed by atoms with Gasteiger partial charge in [0.1, 0.15) is 5.75 Å². The molecule has 0 heterocycles. The second-order valence-electron chi connectivity index (χ2n) is 5.87. The first-order chi connectivity index (χ1) is 12.0. The highest BCUT2D eigenvalue weighted by Crippen LogP contribution is 2.13. The lowest BCUT2D eigenvalue weighted by Crippen LogP contribution is -2.24. The van der Waals surface area contributed by atoms with E-state index in [1.54, 1.807) is 0 Å². The highest BCUT2D eigenvalue weighted by molar-refractivity contribution is 5.78. The maximum absolute atomic E-state index is 12.1. The van der Waals surface area contributed by atoms with Gasteiger partial charge in [0.25, 0.3) is 0 Å². The number of rotatable bonds is 9. The number of carboxylic acids is 1. The third-order valence-corrected chi connectivity index (χ3v) is 3.83. The SMILES string of the molecule is Cc1ccccc1CC(=O)NCc1ccc(OCCCC(=O)O)cc1. The molecule has 2 aromatic carbocycles. The molecule has 2 N–H and O–H groups in total. The minimum atomic E-state index is -0.819. The van der Waals surface area contributed by atoms with Crippen LogP contribution in [0.1, 0.15) is 29.5 Å². The molecule has 5 nitrogen and oxygen atoms in total. The van der Waals surface area contributed by atoms with E-state index in [2.05, 4.69) is 5.32 Å². The van der Waals surface area contributed by atoms with Gasteiger partial charge in [0.15, 0.2) is 0 Å². The second kappa shape index (κ2) is 9.47. The average molecular weight is 341 g/mol. The first-order valence-electron chi connectivity index (χ1n) is 8.29. The van der Waals surface area contributed by atoms with Gasteiger partial charge in [0.2, 0.25) is 5.91 Å². The number of carboxylic acid groups (broad SMARTS) is 1. The molecule has 2 aromatic rings. The summed E-state index contributed by atoms with van der Waals surface area (Å²) in [5.74, 6) is -0.135. The molecule has 5 heteroatoms. The van der Waals surface area contributed by atoms with Crippen molar-refractivity contribution in [2.75, 3.05) is 6.61 Å². The van der Waals surface area contributed by atoms with E-state index >= 15 is 0 Å². The van der Waals surface area contributed by atoms with Crippen LogP contribution >= 0.6 is 0 Å². The van der Waals surface area contributed by atoms with Gasteiger partial charge in [-0.15, -0.1) is 0 Å². The second-order valence-corrected chi connectivity index (χ2v) is 5.87. The molecule has 0 saturated heterocycles. The number of aliphatic carboxylic acids is 1. The van der Waals surface area contributed by atoms with Crippen molar-refractivity contribution in [2.45, 2.75) is 32.7 Å². The fourth-order valence-corrected chi connectivity index (χ4v) is 2.36. The molecule has 0 fully saturated rings. The molecule has 0 aliphatic carbocycles. The standard InChI is InChI=1S/C20H23NO4/c1-15-5-2-3-6-17(15)13-19(22)21-14-16-8-10-18(11-9-16)25-12-4-7-20(23)24/h2-3,5-6,8-11H,4,7,12-14H2,1H3,(H,21,22)(H,23,24). The molecular formula is C20H23NO4. The summed E-state index contributed by atoms with van der Waals surface area (Å²) in [6.07, 6.45) is 0.953. The Hall–Kier alpha value is -2.82. The van der Waals surface area contributed by atoms with Crippen LogP contribution in [-0.4, -0.2) is 23.6 Å². The maximum Gasteiger partial charge on any atom is 0.303 e. The van der Waals surface area contributed by atoms with Gasteiger partial charge >= 0.3 is 5.97 Å². The Kier molecular flexibility index (Phi) is 7.01. The summed E-state index contributed by atoms with van der Waals surface area (Å²) in [7, 11) is 0. The zero-order valence-corrected chi connectivity index (χ0v) is 14.3. The molecular weight excluding hydrogens is 318 g/mol. The summed E-state index contributed by atoms with van der Waals surface area (Å²) in [5.41, 5.74) is 3.13. The van der Waals surface area contributed by atoms with Crippen LogP contribution < -0.4 is 10.1 Å². The van der Waals surface area contributed by atoms with Gasteiger partial charge in [0.05, 0.1) is 13.0 Å². The maximum atomic E-state index is 12.1. The van der Waals surface area contributed by atoms with E-state index in [-0.39, 0.29) is 12.3 Å². The third-order valence-electron chi connectivity index (χ3n) is 3.83. The molecule has 1 amide bonds. The Morgan fingerprint density at radius 3 is 2.48 bits per heavy atom. The quantitative estimate of drug-likeness (QED) is 0.687. The number of carbonyl (C=O) groups is 2. The van der Waals surface area contributed by atoms with E-state index in [4.69, 9.17) is 9.84 Å². The molecule has 0 saturated carbocycles. The van der Waals surface area contributed by atoms with Gasteiger partial charge in [0, 0.05) is 13.0 Å². The summed E-state index contributed by atoms with van der Waals surface area (Å²) >= 11 is 0. The van der Waals surface area contributed by atoms with Gasteiger partial charge in [-0.2, -0.15) is 0 Å². The number of ether oxygens (including phenoxy) is 1. The summed E-state index contributed by atoms with van der Waals surface area (Å²) in [6.45, 7) is 2.83. The number of amides is 1. The normalized spacial score (nSPS) is 10.3. The molecule has 0 bridgehead atoms. The molecule has 0 spiro atoms. The molecule has 0 aliphatic rings. The Bertz CT molecular complexity index is 710. The van der Waals surface area contributed by atoms with Crippen molar-refractivity contribution >= 4 is 11.9 Å². The smallest absolute Gasteiger partial charge is 0.303 e. The van der Waals surface area contributed by atoms with Crippen molar-refractivity contribution in [3.63, 3.8) is 0 Å². The lowest BCUT2D eigenvalue weighted by molar-refractivity contribution is -0.137. The molecule has 0 aromatic heterocycles. The van der Waals surface area contributed by atoms with Gasteiger partial charge in [-0.05, 0) is 42.2 Å². The van der Waals surface area contributed by atoms with Crippen molar-refractivity contribution in [1.29, 1.82) is 0 Å². The van der Waals surface area contributed by atoms with Crippen molar-refractivity contribution in [3.05, 3.63) is 65.2 Å². The molecule has 0 radical (unpaired) electrons. The number of benzene rings is 2. The third kappa shape index (κ3) is 6.67. The Morgan fingerprint density at radius 1 is 1.08 bits per heavy atom. The first-order valence-corrected chi connectivity index (χ1v) is 8.29. The Labute approximate surface area is 147 Å². The van der Waals surface area contributed by atoms with Crippen molar-refractivity contribution in [1.82, 2.24) is 5.32 Å². The van der Waals surface area contributed by atoms with Crippen LogP contribution in [0, 0.1) is 6.92 Å². The number of hydrogen-bond acceptors (Lipinski definition) is 3. The molecule has 0 unspecified atom stereocenters. The van der Waals surface area contributed by atoms with Gasteiger partial charge in [-0.3, -0.25) is 9.59 Å². The highest BCUT2D eigenvalue weighted by atomic mass is 16.5. The van der Waals surface area contributed by atoms with Crippen LogP contribution in [0.3, 0.4) is 0 Å². The van der Waals surface area contributed by atoms with Crippen LogP contribution in [0.25, 0.3) is 0 Å². The average Bonchev–Trinajstić information content (AvgIpc) is 2.60. The lowest BCUT2D eigenvalue weighted by atomic mass is 10.1. The Morgan fingerprint density at radius 2 is 1.80 bits per heavy atom. The van der Waals surface area contributed by atoms with Crippen LogP contribution in [0.15, 0.2) is 48.5 Å². The zero-order valence-electron chi connectivity index (χ0n) is 14.3. The fraction of sp³-hybridized carbons (Fsp3) is 0.300. The van der Waals surface area contributed by atoms with Crippen LogP contribution in [0.4, 0.5) is 0 Å². The fourth-order valence-electron chi connectivity index (χ4n) is 2.36. The minimum Gasteiger partial charge on any atom is -0.494 e. The summed E-state index contributed by atoms with van der Waals surface area (Å²) in [5, 5.41) is 11.5. The van der Waals surface area contributed by atoms with Crippen molar-refractivity contribution in [2.24, 2.45) is 0 Å². The van der Waals surface area contributed by atoms with Gasteiger partial charge < -0.3 is 15.2 Å². The molecule has 0 aliphatic heterocycles. The van der Waals surface area contributed by atoms with E-state index < -0.39 is 5.97 Å². The topological polar surface area (TPSA) is 75.6 Å². The number of hydrogen-bond donors (Lipinski definition) is 2.